The number of likely N-dealkylation sites (tertiary alicyclic amines) is 1. The molecule has 1 aliphatic heterocycles. The van der Waals surface area contributed by atoms with E-state index in [2.05, 4.69) is 15.6 Å². The van der Waals surface area contributed by atoms with Crippen LogP contribution in [0.1, 0.15) is 23.7 Å². The summed E-state index contributed by atoms with van der Waals surface area (Å²) in [7, 11) is 0. The second-order valence-corrected chi connectivity index (χ2v) is 7.70. The maximum Gasteiger partial charge on any atom is 0.251 e. The van der Waals surface area contributed by atoms with E-state index in [1.54, 1.807) is 35.4 Å². The SMILES string of the molecule is O=C(NC(C(=O)Nc1ccccc1)c1ccccc1)C1CC(=O)N(Cc2ccccn2)C1. The van der Waals surface area contributed by atoms with Crippen LogP contribution in [0.4, 0.5) is 5.69 Å². The molecule has 1 fully saturated rings. The van der Waals surface area contributed by atoms with Crippen LogP contribution in [0.5, 0.6) is 0 Å². The Morgan fingerprint density at radius 3 is 2.34 bits per heavy atom. The molecule has 0 radical (unpaired) electrons. The van der Waals surface area contributed by atoms with Gasteiger partial charge in [-0.1, -0.05) is 54.6 Å². The average molecular weight is 428 g/mol. The van der Waals surface area contributed by atoms with Crippen LogP contribution in [0.3, 0.4) is 0 Å². The summed E-state index contributed by atoms with van der Waals surface area (Å²) in [6.45, 7) is 0.656. The van der Waals surface area contributed by atoms with Crippen LogP contribution in [-0.4, -0.2) is 34.2 Å². The predicted octanol–water partition coefficient (Wildman–Crippen LogP) is 2.93. The molecule has 162 valence electrons. The Kier molecular flexibility index (Phi) is 6.55. The van der Waals surface area contributed by atoms with Crippen molar-refractivity contribution in [3.63, 3.8) is 0 Å². The van der Waals surface area contributed by atoms with Gasteiger partial charge >= 0.3 is 0 Å². The number of carbonyl (C=O) groups excluding carboxylic acids is 3. The highest BCUT2D eigenvalue weighted by Gasteiger charge is 2.36. The van der Waals surface area contributed by atoms with Crippen LogP contribution >= 0.6 is 0 Å². The number of pyridine rings is 1. The van der Waals surface area contributed by atoms with Crippen LogP contribution in [0, 0.1) is 5.92 Å². The molecule has 0 saturated carbocycles. The van der Waals surface area contributed by atoms with E-state index in [9.17, 15) is 14.4 Å². The van der Waals surface area contributed by atoms with Crippen molar-refractivity contribution >= 4 is 23.4 Å². The number of rotatable bonds is 7. The summed E-state index contributed by atoms with van der Waals surface area (Å²) in [6, 6.07) is 22.8. The van der Waals surface area contributed by atoms with Crippen molar-refractivity contribution in [3.05, 3.63) is 96.3 Å². The molecule has 2 unspecified atom stereocenters. The maximum absolute atomic E-state index is 13.0. The number of nitrogens with zero attached hydrogens (tertiary/aromatic N) is 2. The quantitative estimate of drug-likeness (QED) is 0.605. The van der Waals surface area contributed by atoms with E-state index in [0.717, 1.165) is 5.69 Å². The van der Waals surface area contributed by atoms with Crippen molar-refractivity contribution in [1.82, 2.24) is 15.2 Å². The molecule has 32 heavy (non-hydrogen) atoms. The van der Waals surface area contributed by atoms with E-state index in [1.807, 2.05) is 54.6 Å². The van der Waals surface area contributed by atoms with Gasteiger partial charge in [0.15, 0.2) is 0 Å². The van der Waals surface area contributed by atoms with E-state index in [1.165, 1.54) is 0 Å². The lowest BCUT2D eigenvalue weighted by Crippen LogP contribution is -2.40. The van der Waals surface area contributed by atoms with Crippen molar-refractivity contribution in [2.75, 3.05) is 11.9 Å². The molecule has 2 aromatic carbocycles. The first kappa shape index (κ1) is 21.2. The third kappa shape index (κ3) is 5.18. The Morgan fingerprint density at radius 1 is 0.969 bits per heavy atom. The summed E-state index contributed by atoms with van der Waals surface area (Å²) in [6.07, 6.45) is 1.79. The van der Waals surface area contributed by atoms with Crippen molar-refractivity contribution in [1.29, 1.82) is 0 Å². The summed E-state index contributed by atoms with van der Waals surface area (Å²) in [5.41, 5.74) is 2.08. The molecule has 2 N–H and O–H groups in total. The molecule has 1 saturated heterocycles. The minimum Gasteiger partial charge on any atom is -0.340 e. The normalized spacial score (nSPS) is 16.4. The topological polar surface area (TPSA) is 91.4 Å². The van der Waals surface area contributed by atoms with Gasteiger partial charge in [-0.2, -0.15) is 0 Å². The summed E-state index contributed by atoms with van der Waals surface area (Å²) in [5, 5.41) is 5.70. The maximum atomic E-state index is 13.0. The largest absolute Gasteiger partial charge is 0.340 e. The van der Waals surface area contributed by atoms with Gasteiger partial charge in [-0.3, -0.25) is 19.4 Å². The van der Waals surface area contributed by atoms with E-state index in [4.69, 9.17) is 0 Å². The molecule has 3 amide bonds. The molecule has 1 aromatic heterocycles. The number of anilines is 1. The molecule has 0 aliphatic carbocycles. The second-order valence-electron chi connectivity index (χ2n) is 7.70. The average Bonchev–Trinajstić information content (AvgIpc) is 3.19. The zero-order valence-corrected chi connectivity index (χ0v) is 17.5. The lowest BCUT2D eigenvalue weighted by Gasteiger charge is -2.21. The Labute approximate surface area is 186 Å². The third-order valence-electron chi connectivity index (χ3n) is 5.39. The van der Waals surface area contributed by atoms with Gasteiger partial charge < -0.3 is 15.5 Å². The standard InChI is InChI=1S/C25H24N4O3/c30-22-15-19(16-29(22)17-21-13-7-8-14-26-21)24(31)28-23(18-9-3-1-4-10-18)25(32)27-20-11-5-2-6-12-20/h1-14,19,23H,15-17H2,(H,27,32)(H,28,31). The molecule has 4 rings (SSSR count). The van der Waals surface area contributed by atoms with Crippen LogP contribution in [0.2, 0.25) is 0 Å². The van der Waals surface area contributed by atoms with Crippen LogP contribution in [-0.2, 0) is 20.9 Å². The van der Waals surface area contributed by atoms with Crippen molar-refractivity contribution in [3.8, 4) is 0 Å². The highest BCUT2D eigenvalue weighted by molar-refractivity contribution is 5.99. The fourth-order valence-corrected chi connectivity index (χ4v) is 3.73. The van der Waals surface area contributed by atoms with Gasteiger partial charge in [0.25, 0.3) is 5.91 Å². The number of para-hydroxylation sites is 1. The Bertz CT molecular complexity index is 1070. The van der Waals surface area contributed by atoms with Gasteiger partial charge in [0.1, 0.15) is 6.04 Å². The first-order valence-corrected chi connectivity index (χ1v) is 10.5. The van der Waals surface area contributed by atoms with Crippen molar-refractivity contribution in [2.45, 2.75) is 19.0 Å². The smallest absolute Gasteiger partial charge is 0.251 e. The molecule has 2 atom stereocenters. The van der Waals surface area contributed by atoms with Gasteiger partial charge in [-0.15, -0.1) is 0 Å². The molecule has 3 aromatic rings. The van der Waals surface area contributed by atoms with Crippen molar-refractivity contribution in [2.24, 2.45) is 5.92 Å². The van der Waals surface area contributed by atoms with Crippen molar-refractivity contribution < 1.29 is 14.4 Å². The second kappa shape index (κ2) is 9.87. The number of nitrogens with one attached hydrogen (secondary N) is 2. The monoisotopic (exact) mass is 428 g/mol. The molecule has 7 heteroatoms. The van der Waals surface area contributed by atoms with Gasteiger partial charge in [-0.25, -0.2) is 0 Å². The van der Waals surface area contributed by atoms with Crippen LogP contribution < -0.4 is 10.6 Å². The van der Waals surface area contributed by atoms with Gasteiger partial charge in [-0.05, 0) is 29.8 Å². The molecular weight excluding hydrogens is 404 g/mol. The summed E-state index contributed by atoms with van der Waals surface area (Å²) in [5.74, 6) is -1.29. The minimum atomic E-state index is -0.871. The highest BCUT2D eigenvalue weighted by Crippen LogP contribution is 2.22. The summed E-state index contributed by atoms with van der Waals surface area (Å²) >= 11 is 0. The Balaban J connectivity index is 1.45. The molecular formula is C25H24N4O3. The fourth-order valence-electron chi connectivity index (χ4n) is 3.73. The number of amides is 3. The van der Waals surface area contributed by atoms with Gasteiger partial charge in [0.05, 0.1) is 18.2 Å². The Hall–Kier alpha value is -4.00. The molecule has 7 nitrogen and oxygen atoms in total. The number of carbonyl (C=O) groups is 3. The highest BCUT2D eigenvalue weighted by atomic mass is 16.2. The number of hydrogen-bond acceptors (Lipinski definition) is 4. The zero-order valence-electron chi connectivity index (χ0n) is 17.5. The summed E-state index contributed by atoms with van der Waals surface area (Å²) < 4.78 is 0. The van der Waals surface area contributed by atoms with E-state index in [-0.39, 0.29) is 24.1 Å². The molecule has 1 aliphatic rings. The lowest BCUT2D eigenvalue weighted by atomic mass is 10.0. The number of benzene rings is 2. The lowest BCUT2D eigenvalue weighted by molar-refractivity contribution is -0.130. The predicted molar refractivity (Wildman–Crippen MR) is 120 cm³/mol. The molecule has 2 heterocycles. The van der Waals surface area contributed by atoms with Gasteiger partial charge in [0, 0.05) is 24.8 Å². The minimum absolute atomic E-state index is 0.0965. The number of aromatic nitrogens is 1. The fraction of sp³-hybridized carbons (Fsp3) is 0.200. The van der Waals surface area contributed by atoms with Gasteiger partial charge in [0.2, 0.25) is 11.8 Å². The van der Waals surface area contributed by atoms with Crippen LogP contribution in [0.15, 0.2) is 85.1 Å². The first-order chi connectivity index (χ1) is 15.6. The first-order valence-electron chi connectivity index (χ1n) is 10.5. The Morgan fingerprint density at radius 2 is 1.66 bits per heavy atom. The third-order valence-corrected chi connectivity index (χ3v) is 5.39. The van der Waals surface area contributed by atoms with Crippen LogP contribution in [0.25, 0.3) is 0 Å². The summed E-state index contributed by atoms with van der Waals surface area (Å²) in [4.78, 5) is 44.4. The molecule has 0 bridgehead atoms. The van der Waals surface area contributed by atoms with E-state index < -0.39 is 12.0 Å². The van der Waals surface area contributed by atoms with E-state index >= 15 is 0 Å². The molecule has 0 spiro atoms. The van der Waals surface area contributed by atoms with E-state index in [0.29, 0.717) is 24.3 Å². The number of hydrogen-bond donors (Lipinski definition) is 2. The zero-order chi connectivity index (χ0) is 22.3.